The van der Waals surface area contributed by atoms with Crippen LogP contribution >= 0.6 is 27.5 Å². The van der Waals surface area contributed by atoms with Gasteiger partial charge in [-0.3, -0.25) is 0 Å². The highest BCUT2D eigenvalue weighted by Crippen LogP contribution is 2.25. The maximum Gasteiger partial charge on any atom is 0.280 e. The summed E-state index contributed by atoms with van der Waals surface area (Å²) in [7, 11) is 0. The Balaban J connectivity index is 3.22. The number of aromatic nitrogens is 1. The molecule has 13 heavy (non-hydrogen) atoms. The van der Waals surface area contributed by atoms with E-state index >= 15 is 0 Å². The maximum atomic E-state index is 13.0. The fourth-order valence-corrected chi connectivity index (χ4v) is 1.36. The third-order valence-electron chi connectivity index (χ3n) is 1.35. The van der Waals surface area contributed by atoms with Crippen molar-refractivity contribution in [2.75, 3.05) is 0 Å². The van der Waals surface area contributed by atoms with Crippen LogP contribution in [0.4, 0.5) is 13.2 Å². The lowest BCUT2D eigenvalue weighted by Crippen LogP contribution is -1.98. The van der Waals surface area contributed by atoms with Crippen LogP contribution in [-0.2, 0) is 5.33 Å². The summed E-state index contributed by atoms with van der Waals surface area (Å²) in [6.07, 6.45) is -2.74. The monoisotopic (exact) mass is 273 g/mol. The van der Waals surface area contributed by atoms with E-state index in [1.807, 2.05) is 0 Å². The minimum absolute atomic E-state index is 0.0547. The Labute approximate surface area is 86.0 Å². The Morgan fingerprint density at radius 2 is 2.15 bits per heavy atom. The maximum absolute atomic E-state index is 13.0. The average molecular weight is 274 g/mol. The molecule has 0 atom stereocenters. The summed E-state index contributed by atoms with van der Waals surface area (Å²) in [6, 6.07) is 0.827. The predicted octanol–water partition coefficient (Wildman–Crippen LogP) is 3.71. The molecule has 0 radical (unpaired) electrons. The quantitative estimate of drug-likeness (QED) is 0.749. The van der Waals surface area contributed by atoms with Crippen molar-refractivity contribution in [2.45, 2.75) is 11.8 Å². The number of rotatable bonds is 2. The lowest BCUT2D eigenvalue weighted by Gasteiger charge is -2.04. The van der Waals surface area contributed by atoms with Crippen LogP contribution in [0.3, 0.4) is 0 Å². The number of pyridine rings is 1. The fourth-order valence-electron chi connectivity index (χ4n) is 0.769. The molecule has 1 nitrogen and oxygen atoms in total. The van der Waals surface area contributed by atoms with Gasteiger partial charge in [0.15, 0.2) is 5.82 Å². The van der Waals surface area contributed by atoms with Crippen LogP contribution in [0.1, 0.15) is 17.8 Å². The molecule has 0 bridgehead atoms. The van der Waals surface area contributed by atoms with E-state index in [1.54, 1.807) is 0 Å². The second-order valence-corrected chi connectivity index (χ2v) is 3.19. The number of alkyl halides is 3. The fraction of sp³-hybridized carbons (Fsp3) is 0.286. The van der Waals surface area contributed by atoms with Crippen molar-refractivity contribution in [2.24, 2.45) is 0 Å². The number of hydrogen-bond acceptors (Lipinski definition) is 1. The van der Waals surface area contributed by atoms with Crippen LogP contribution in [0.25, 0.3) is 0 Å². The Morgan fingerprint density at radius 3 is 2.62 bits per heavy atom. The Bertz CT molecular complexity index is 319. The zero-order valence-corrected chi connectivity index (χ0v) is 8.54. The van der Waals surface area contributed by atoms with Gasteiger partial charge in [-0.1, -0.05) is 27.5 Å². The van der Waals surface area contributed by atoms with Gasteiger partial charge in [0.05, 0.1) is 10.7 Å². The third kappa shape index (κ3) is 2.34. The predicted molar refractivity (Wildman–Crippen MR) is 46.8 cm³/mol. The van der Waals surface area contributed by atoms with Crippen LogP contribution in [0.2, 0.25) is 5.02 Å². The summed E-state index contributed by atoms with van der Waals surface area (Å²) in [4.78, 5) is 3.39. The molecule has 0 saturated heterocycles. The minimum atomic E-state index is -2.74. The van der Waals surface area contributed by atoms with E-state index in [4.69, 9.17) is 11.6 Å². The van der Waals surface area contributed by atoms with E-state index < -0.39 is 17.9 Å². The van der Waals surface area contributed by atoms with Gasteiger partial charge in [0.1, 0.15) is 5.69 Å². The van der Waals surface area contributed by atoms with Gasteiger partial charge in [-0.15, -0.1) is 0 Å². The summed E-state index contributed by atoms with van der Waals surface area (Å²) in [5.74, 6) is -0.761. The second kappa shape index (κ2) is 4.28. The molecular formula is C7H4BrClF3N. The van der Waals surface area contributed by atoms with Crippen molar-refractivity contribution in [1.82, 2.24) is 4.98 Å². The summed E-state index contributed by atoms with van der Waals surface area (Å²) in [5, 5.41) is -0.279. The Kier molecular flexibility index (Phi) is 3.55. The van der Waals surface area contributed by atoms with Gasteiger partial charge in [-0.2, -0.15) is 0 Å². The van der Waals surface area contributed by atoms with Crippen LogP contribution < -0.4 is 0 Å². The van der Waals surface area contributed by atoms with Crippen molar-refractivity contribution in [3.63, 3.8) is 0 Å². The highest BCUT2D eigenvalue weighted by molar-refractivity contribution is 9.08. The first-order valence-corrected chi connectivity index (χ1v) is 4.75. The molecule has 1 aromatic heterocycles. The van der Waals surface area contributed by atoms with E-state index in [1.165, 1.54) is 0 Å². The zero-order valence-electron chi connectivity index (χ0n) is 6.20. The molecule has 72 valence electrons. The molecule has 0 amide bonds. The first kappa shape index (κ1) is 10.8. The van der Waals surface area contributed by atoms with Crippen LogP contribution in [0, 0.1) is 5.82 Å². The van der Waals surface area contributed by atoms with Gasteiger partial charge in [0, 0.05) is 5.33 Å². The van der Waals surface area contributed by atoms with Gasteiger partial charge in [-0.05, 0) is 6.07 Å². The average Bonchev–Trinajstić information content (AvgIpc) is 2.09. The molecule has 1 heterocycles. The first-order valence-electron chi connectivity index (χ1n) is 3.25. The standard InChI is InChI=1S/C7H4BrClF3N/c8-2-5-6(10)3(9)1-4(13-5)7(11)12/h1,7H,2H2. The van der Waals surface area contributed by atoms with Gasteiger partial charge in [0.25, 0.3) is 6.43 Å². The van der Waals surface area contributed by atoms with Gasteiger partial charge >= 0.3 is 0 Å². The van der Waals surface area contributed by atoms with Crippen molar-refractivity contribution in [3.8, 4) is 0 Å². The lowest BCUT2D eigenvalue weighted by molar-refractivity contribution is 0.145. The van der Waals surface area contributed by atoms with Crippen molar-refractivity contribution in [1.29, 1.82) is 0 Å². The van der Waals surface area contributed by atoms with E-state index in [-0.39, 0.29) is 16.0 Å². The van der Waals surface area contributed by atoms with E-state index in [0.717, 1.165) is 6.07 Å². The second-order valence-electron chi connectivity index (χ2n) is 2.22. The molecule has 1 rings (SSSR count). The summed E-state index contributed by atoms with van der Waals surface area (Å²) >= 11 is 8.29. The molecule has 0 aromatic carbocycles. The molecule has 0 N–H and O–H groups in total. The van der Waals surface area contributed by atoms with Crippen LogP contribution in [0.15, 0.2) is 6.07 Å². The van der Waals surface area contributed by atoms with E-state index in [0.29, 0.717) is 0 Å². The molecule has 0 spiro atoms. The summed E-state index contributed by atoms with van der Waals surface area (Å²) < 4.78 is 37.2. The lowest BCUT2D eigenvalue weighted by atomic mass is 10.3. The molecule has 1 aromatic rings. The van der Waals surface area contributed by atoms with Crippen molar-refractivity contribution >= 4 is 27.5 Å². The van der Waals surface area contributed by atoms with Gasteiger partial charge in [-0.25, -0.2) is 18.2 Å². The van der Waals surface area contributed by atoms with Crippen LogP contribution in [-0.4, -0.2) is 4.98 Å². The number of nitrogens with zero attached hydrogens (tertiary/aromatic N) is 1. The molecular weight excluding hydrogens is 270 g/mol. The number of halogens is 5. The normalized spacial score (nSPS) is 10.9. The largest absolute Gasteiger partial charge is 0.280 e. The van der Waals surface area contributed by atoms with Gasteiger partial charge in [0.2, 0.25) is 0 Å². The zero-order chi connectivity index (χ0) is 10.0. The van der Waals surface area contributed by atoms with Gasteiger partial charge < -0.3 is 0 Å². The van der Waals surface area contributed by atoms with E-state index in [9.17, 15) is 13.2 Å². The molecule has 0 saturated carbocycles. The topological polar surface area (TPSA) is 12.9 Å². The highest BCUT2D eigenvalue weighted by atomic mass is 79.9. The molecule has 0 aliphatic heterocycles. The molecule has 0 fully saturated rings. The number of hydrogen-bond donors (Lipinski definition) is 0. The Morgan fingerprint density at radius 1 is 1.54 bits per heavy atom. The van der Waals surface area contributed by atoms with E-state index in [2.05, 4.69) is 20.9 Å². The smallest absolute Gasteiger partial charge is 0.248 e. The third-order valence-corrected chi connectivity index (χ3v) is 2.16. The van der Waals surface area contributed by atoms with Crippen molar-refractivity contribution in [3.05, 3.63) is 28.3 Å². The summed E-state index contributed by atoms with van der Waals surface area (Å²) in [5.41, 5.74) is -0.622. The SMILES string of the molecule is Fc1c(Cl)cc(C(F)F)nc1CBr. The summed E-state index contributed by atoms with van der Waals surface area (Å²) in [6.45, 7) is 0. The van der Waals surface area contributed by atoms with Crippen LogP contribution in [0.5, 0.6) is 0 Å². The molecule has 0 unspecified atom stereocenters. The minimum Gasteiger partial charge on any atom is -0.248 e. The van der Waals surface area contributed by atoms with Crippen molar-refractivity contribution < 1.29 is 13.2 Å². The molecule has 6 heteroatoms. The first-order chi connectivity index (χ1) is 6.06. The molecule has 0 aliphatic carbocycles. The Hall–Kier alpha value is -0.290. The highest BCUT2D eigenvalue weighted by Gasteiger charge is 2.15. The molecule has 0 aliphatic rings.